The molecule has 0 aliphatic carbocycles. The van der Waals surface area contributed by atoms with Crippen LogP contribution in [0.25, 0.3) is 0 Å². The van der Waals surface area contributed by atoms with Crippen LogP contribution in [0.5, 0.6) is 0 Å². The summed E-state index contributed by atoms with van der Waals surface area (Å²) in [7, 11) is 3.50. The number of nitrogens with zero attached hydrogens (tertiary/aromatic N) is 1. The van der Waals surface area contributed by atoms with E-state index in [1.165, 1.54) is 0 Å². The summed E-state index contributed by atoms with van der Waals surface area (Å²) in [4.78, 5) is 11.5. The summed E-state index contributed by atoms with van der Waals surface area (Å²) >= 11 is 3.27. The van der Waals surface area contributed by atoms with Gasteiger partial charge in [0.1, 0.15) is 0 Å². The zero-order valence-electron chi connectivity index (χ0n) is 8.04. The first-order valence-electron chi connectivity index (χ1n) is 4.03. The smallest absolute Gasteiger partial charge is 0.265 e. The maximum absolute atomic E-state index is 11.5. The number of benzene rings is 1. The molecule has 3 N–H and O–H groups in total. The normalized spacial score (nSPS) is 10.3. The molecule has 1 amide bonds. The van der Waals surface area contributed by atoms with Crippen molar-refractivity contribution < 1.29 is 4.79 Å². The summed E-state index contributed by atoms with van der Waals surface area (Å²) in [6.07, 6.45) is 0. The molecule has 0 radical (unpaired) electrons. The third-order valence-electron chi connectivity index (χ3n) is 1.51. The fourth-order valence-electron chi connectivity index (χ4n) is 1.01. The van der Waals surface area contributed by atoms with Gasteiger partial charge in [-0.2, -0.15) is 0 Å². The molecule has 14 heavy (non-hydrogen) atoms. The zero-order valence-corrected chi connectivity index (χ0v) is 9.63. The fourth-order valence-corrected chi connectivity index (χ4v) is 1.52. The number of nitrogens with two attached hydrogens (primary N) is 1. The van der Waals surface area contributed by atoms with Gasteiger partial charge in [0.25, 0.3) is 5.91 Å². The molecule has 1 rings (SSSR count). The van der Waals surface area contributed by atoms with Gasteiger partial charge in [0.05, 0.1) is 0 Å². The van der Waals surface area contributed by atoms with Gasteiger partial charge in [-0.05, 0) is 18.2 Å². The van der Waals surface area contributed by atoms with Crippen LogP contribution in [0, 0.1) is 0 Å². The number of nitrogen functional groups attached to an aromatic ring is 1. The molecule has 0 bridgehead atoms. The second-order valence-electron chi connectivity index (χ2n) is 3.11. The molecular formula is C9H12BrN3O. The Hall–Kier alpha value is -1.07. The first kappa shape index (κ1) is 11.0. The SMILES string of the molecule is CN(C)NC(=O)c1cc(N)cc(Br)c1. The number of rotatable bonds is 2. The van der Waals surface area contributed by atoms with Crippen LogP contribution in [0.4, 0.5) is 5.69 Å². The lowest BCUT2D eigenvalue weighted by Crippen LogP contribution is -2.36. The number of carbonyl (C=O) groups excluding carboxylic acids is 1. The van der Waals surface area contributed by atoms with Crippen LogP contribution in [0.3, 0.4) is 0 Å². The lowest BCUT2D eigenvalue weighted by Gasteiger charge is -2.12. The van der Waals surface area contributed by atoms with Gasteiger partial charge >= 0.3 is 0 Å². The molecule has 0 atom stereocenters. The Morgan fingerprint density at radius 1 is 1.43 bits per heavy atom. The maximum Gasteiger partial charge on any atom is 0.265 e. The monoisotopic (exact) mass is 257 g/mol. The van der Waals surface area contributed by atoms with E-state index in [9.17, 15) is 4.79 Å². The molecule has 0 saturated heterocycles. The molecule has 0 aromatic heterocycles. The quantitative estimate of drug-likeness (QED) is 0.619. The van der Waals surface area contributed by atoms with Crippen LogP contribution < -0.4 is 11.2 Å². The van der Waals surface area contributed by atoms with E-state index in [-0.39, 0.29) is 5.91 Å². The summed E-state index contributed by atoms with van der Waals surface area (Å²) in [5.74, 6) is -0.178. The van der Waals surface area contributed by atoms with Gasteiger partial charge in [0.15, 0.2) is 0 Å². The Morgan fingerprint density at radius 3 is 2.57 bits per heavy atom. The zero-order chi connectivity index (χ0) is 10.7. The van der Waals surface area contributed by atoms with Gasteiger partial charge in [-0.25, -0.2) is 5.01 Å². The summed E-state index contributed by atoms with van der Waals surface area (Å²) in [5, 5.41) is 1.58. The van der Waals surface area contributed by atoms with Crippen molar-refractivity contribution in [3.8, 4) is 0 Å². The van der Waals surface area contributed by atoms with Crippen LogP contribution in [-0.2, 0) is 0 Å². The van der Waals surface area contributed by atoms with Gasteiger partial charge in [-0.1, -0.05) is 15.9 Å². The number of hydrogen-bond donors (Lipinski definition) is 2. The van der Waals surface area contributed by atoms with Crippen molar-refractivity contribution in [1.82, 2.24) is 10.4 Å². The molecule has 5 heteroatoms. The topological polar surface area (TPSA) is 58.4 Å². The van der Waals surface area contributed by atoms with Crippen molar-refractivity contribution in [2.45, 2.75) is 0 Å². The van der Waals surface area contributed by atoms with Crippen LogP contribution in [-0.4, -0.2) is 25.0 Å². The van der Waals surface area contributed by atoms with Gasteiger partial charge in [-0.3, -0.25) is 10.2 Å². The van der Waals surface area contributed by atoms with Gasteiger partial charge in [0, 0.05) is 29.8 Å². The molecule has 0 fully saturated rings. The molecule has 1 aromatic rings. The maximum atomic E-state index is 11.5. The Labute approximate surface area is 91.2 Å². The fraction of sp³-hybridized carbons (Fsp3) is 0.222. The second kappa shape index (κ2) is 4.43. The molecule has 0 heterocycles. The molecule has 0 aliphatic heterocycles. The number of hydrogen-bond acceptors (Lipinski definition) is 3. The molecule has 0 unspecified atom stereocenters. The second-order valence-corrected chi connectivity index (χ2v) is 4.02. The Kier molecular flexibility index (Phi) is 3.49. The third-order valence-corrected chi connectivity index (χ3v) is 1.97. The van der Waals surface area contributed by atoms with Crippen molar-refractivity contribution >= 4 is 27.5 Å². The highest BCUT2D eigenvalue weighted by molar-refractivity contribution is 9.10. The van der Waals surface area contributed by atoms with Gasteiger partial charge in [0.2, 0.25) is 0 Å². The lowest BCUT2D eigenvalue weighted by atomic mass is 10.2. The van der Waals surface area contributed by atoms with E-state index < -0.39 is 0 Å². The highest BCUT2D eigenvalue weighted by atomic mass is 79.9. The average molecular weight is 258 g/mol. The van der Waals surface area contributed by atoms with Crippen LogP contribution >= 0.6 is 15.9 Å². The molecule has 1 aromatic carbocycles. The summed E-state index contributed by atoms with van der Waals surface area (Å²) in [5.41, 5.74) is 9.33. The first-order chi connectivity index (χ1) is 6.49. The predicted octanol–water partition coefficient (Wildman–Crippen LogP) is 1.24. The van der Waals surface area contributed by atoms with Crippen molar-refractivity contribution in [1.29, 1.82) is 0 Å². The highest BCUT2D eigenvalue weighted by Crippen LogP contribution is 2.17. The van der Waals surface area contributed by atoms with Crippen LogP contribution in [0.1, 0.15) is 10.4 Å². The highest BCUT2D eigenvalue weighted by Gasteiger charge is 2.07. The van der Waals surface area contributed by atoms with Gasteiger partial charge in [-0.15, -0.1) is 0 Å². The largest absolute Gasteiger partial charge is 0.399 e. The Morgan fingerprint density at radius 2 is 2.07 bits per heavy atom. The number of hydrazine groups is 1. The minimum Gasteiger partial charge on any atom is -0.399 e. The minimum absolute atomic E-state index is 0.178. The number of anilines is 1. The van der Waals surface area contributed by atoms with E-state index in [2.05, 4.69) is 21.4 Å². The van der Waals surface area contributed by atoms with Crippen molar-refractivity contribution in [2.75, 3.05) is 19.8 Å². The van der Waals surface area contributed by atoms with E-state index in [4.69, 9.17) is 5.73 Å². The van der Waals surface area contributed by atoms with E-state index in [1.807, 2.05) is 0 Å². The summed E-state index contributed by atoms with van der Waals surface area (Å²) in [6.45, 7) is 0. The molecule has 0 saturated carbocycles. The molecule has 4 nitrogen and oxygen atoms in total. The number of nitrogens with one attached hydrogen (secondary N) is 1. The number of carbonyl (C=O) groups is 1. The van der Waals surface area contributed by atoms with E-state index in [0.717, 1.165) is 4.47 Å². The summed E-state index contributed by atoms with van der Waals surface area (Å²) < 4.78 is 0.793. The van der Waals surface area contributed by atoms with E-state index >= 15 is 0 Å². The molecule has 76 valence electrons. The number of halogens is 1. The Bertz CT molecular complexity index is 332. The predicted molar refractivity (Wildman–Crippen MR) is 59.7 cm³/mol. The first-order valence-corrected chi connectivity index (χ1v) is 4.82. The molecule has 0 spiro atoms. The molecule has 0 aliphatic rings. The van der Waals surface area contributed by atoms with Crippen molar-refractivity contribution in [2.24, 2.45) is 0 Å². The standard InChI is InChI=1S/C9H12BrN3O/c1-13(2)12-9(14)6-3-7(10)5-8(11)4-6/h3-5H,11H2,1-2H3,(H,12,14). The summed E-state index contributed by atoms with van der Waals surface area (Å²) in [6, 6.07) is 5.09. The van der Waals surface area contributed by atoms with E-state index in [1.54, 1.807) is 37.3 Å². The van der Waals surface area contributed by atoms with E-state index in [0.29, 0.717) is 11.3 Å². The molecular weight excluding hydrogens is 246 g/mol. The van der Waals surface area contributed by atoms with Crippen molar-refractivity contribution in [3.05, 3.63) is 28.2 Å². The Balaban J connectivity index is 2.90. The van der Waals surface area contributed by atoms with Crippen LogP contribution in [0.2, 0.25) is 0 Å². The van der Waals surface area contributed by atoms with Crippen molar-refractivity contribution in [3.63, 3.8) is 0 Å². The number of amides is 1. The lowest BCUT2D eigenvalue weighted by molar-refractivity contribution is 0.0857. The van der Waals surface area contributed by atoms with Gasteiger partial charge < -0.3 is 5.73 Å². The minimum atomic E-state index is -0.178. The average Bonchev–Trinajstić information content (AvgIpc) is 2.00. The third kappa shape index (κ3) is 3.01. The van der Waals surface area contributed by atoms with Crippen LogP contribution in [0.15, 0.2) is 22.7 Å².